The minimum absolute atomic E-state index is 0. The molecule has 0 saturated heterocycles. The van der Waals surface area contributed by atoms with Crippen LogP contribution in [0, 0.1) is 0 Å². The molecular formula is C25H28IN5O2. The van der Waals surface area contributed by atoms with Crippen LogP contribution in [0.25, 0.3) is 0 Å². The second-order valence-electron chi connectivity index (χ2n) is 7.60. The minimum atomic E-state index is 0. The number of hydrogen-bond donors (Lipinski definition) is 3. The van der Waals surface area contributed by atoms with Gasteiger partial charge >= 0.3 is 0 Å². The van der Waals surface area contributed by atoms with Gasteiger partial charge in [0.15, 0.2) is 5.96 Å². The molecule has 2 aromatic carbocycles. The third kappa shape index (κ3) is 6.92. The van der Waals surface area contributed by atoms with Crippen molar-refractivity contribution in [2.24, 2.45) is 4.99 Å². The van der Waals surface area contributed by atoms with Gasteiger partial charge in [-0.3, -0.25) is 14.8 Å². The molecule has 1 unspecified atom stereocenters. The van der Waals surface area contributed by atoms with Gasteiger partial charge < -0.3 is 20.7 Å². The van der Waals surface area contributed by atoms with Crippen molar-refractivity contribution in [1.29, 1.82) is 0 Å². The number of nitrogens with zero attached hydrogens (tertiary/aromatic N) is 2. The number of benzene rings is 2. The summed E-state index contributed by atoms with van der Waals surface area (Å²) in [7, 11) is 1.74. The van der Waals surface area contributed by atoms with E-state index in [2.05, 4.69) is 32.0 Å². The molecule has 33 heavy (non-hydrogen) atoms. The van der Waals surface area contributed by atoms with Crippen molar-refractivity contribution >= 4 is 41.5 Å². The standard InChI is InChI=1S/C25H27N5O2.HI/c1-26-25(29-16-19-14-24(31)30-23-11-3-2-10-22(19)23)28-15-18-7-6-9-21(13-18)32-17-20-8-4-5-12-27-20;/h2-13,19H,14-17H2,1H3,(H,30,31)(H2,26,28,29);1H. The van der Waals surface area contributed by atoms with E-state index in [0.29, 0.717) is 32.1 Å². The summed E-state index contributed by atoms with van der Waals surface area (Å²) in [5, 5.41) is 9.62. The molecule has 0 bridgehead atoms. The van der Waals surface area contributed by atoms with Crippen LogP contribution in [0.1, 0.15) is 29.2 Å². The highest BCUT2D eigenvalue weighted by Crippen LogP contribution is 2.31. The minimum Gasteiger partial charge on any atom is -0.487 e. The Bertz CT molecular complexity index is 1090. The van der Waals surface area contributed by atoms with Gasteiger partial charge in [-0.1, -0.05) is 36.4 Å². The van der Waals surface area contributed by atoms with Crippen molar-refractivity contribution in [3.8, 4) is 5.75 Å². The number of para-hydroxylation sites is 1. The summed E-state index contributed by atoms with van der Waals surface area (Å²) in [5.74, 6) is 1.62. The Labute approximate surface area is 211 Å². The molecule has 1 aliphatic heterocycles. The first-order valence-corrected chi connectivity index (χ1v) is 10.7. The number of aromatic nitrogens is 1. The molecule has 172 valence electrons. The zero-order chi connectivity index (χ0) is 22.2. The van der Waals surface area contributed by atoms with Crippen LogP contribution in [0.2, 0.25) is 0 Å². The average Bonchev–Trinajstić information content (AvgIpc) is 2.83. The second kappa shape index (κ2) is 12.2. The molecule has 1 amide bonds. The van der Waals surface area contributed by atoms with Crippen molar-refractivity contribution in [2.45, 2.75) is 25.5 Å². The van der Waals surface area contributed by atoms with Crippen molar-refractivity contribution < 1.29 is 9.53 Å². The Balaban J connectivity index is 0.00000306. The number of aliphatic imine (C=N–C) groups is 1. The Hall–Kier alpha value is -3.14. The summed E-state index contributed by atoms with van der Waals surface area (Å²) in [6, 6.07) is 21.7. The third-order valence-electron chi connectivity index (χ3n) is 5.32. The van der Waals surface area contributed by atoms with E-state index in [0.717, 1.165) is 28.3 Å². The van der Waals surface area contributed by atoms with Crippen LogP contribution in [0.3, 0.4) is 0 Å². The predicted molar refractivity (Wildman–Crippen MR) is 141 cm³/mol. The summed E-state index contributed by atoms with van der Waals surface area (Å²) in [5.41, 5.74) is 4.00. The quantitative estimate of drug-likeness (QED) is 0.232. The van der Waals surface area contributed by atoms with Crippen molar-refractivity contribution in [3.63, 3.8) is 0 Å². The molecule has 3 aromatic rings. The summed E-state index contributed by atoms with van der Waals surface area (Å²) in [4.78, 5) is 20.6. The number of rotatable bonds is 7. The van der Waals surface area contributed by atoms with Gasteiger partial charge in [-0.2, -0.15) is 0 Å². The topological polar surface area (TPSA) is 87.6 Å². The van der Waals surface area contributed by atoms with E-state index < -0.39 is 0 Å². The van der Waals surface area contributed by atoms with Crippen LogP contribution in [-0.2, 0) is 17.9 Å². The maximum absolute atomic E-state index is 12.0. The first-order chi connectivity index (χ1) is 15.7. The van der Waals surface area contributed by atoms with Crippen LogP contribution in [0.15, 0.2) is 77.9 Å². The molecule has 4 rings (SSSR count). The maximum Gasteiger partial charge on any atom is 0.225 e. The van der Waals surface area contributed by atoms with Gasteiger partial charge in [0.25, 0.3) is 0 Å². The van der Waals surface area contributed by atoms with Crippen LogP contribution in [0.4, 0.5) is 5.69 Å². The molecule has 1 atom stereocenters. The van der Waals surface area contributed by atoms with Gasteiger partial charge in [0, 0.05) is 44.4 Å². The maximum atomic E-state index is 12.0. The molecule has 0 spiro atoms. The third-order valence-corrected chi connectivity index (χ3v) is 5.32. The number of ether oxygens (including phenoxy) is 1. The molecule has 0 fully saturated rings. The van der Waals surface area contributed by atoms with Gasteiger partial charge in [0.2, 0.25) is 5.91 Å². The SMILES string of the molecule is CN=C(NCc1cccc(OCc2ccccn2)c1)NCC1CC(=O)Nc2ccccc21.I. The molecule has 8 heteroatoms. The summed E-state index contributed by atoms with van der Waals surface area (Å²) in [6.07, 6.45) is 2.21. The summed E-state index contributed by atoms with van der Waals surface area (Å²) in [6.45, 7) is 1.65. The van der Waals surface area contributed by atoms with Crippen molar-refractivity contribution in [1.82, 2.24) is 15.6 Å². The number of anilines is 1. The van der Waals surface area contributed by atoms with Gasteiger partial charge in [-0.05, 0) is 41.5 Å². The number of amides is 1. The second-order valence-corrected chi connectivity index (χ2v) is 7.60. The van der Waals surface area contributed by atoms with Gasteiger partial charge in [-0.25, -0.2) is 0 Å². The Morgan fingerprint density at radius 3 is 2.79 bits per heavy atom. The highest BCUT2D eigenvalue weighted by molar-refractivity contribution is 14.0. The number of carbonyl (C=O) groups is 1. The fourth-order valence-electron chi connectivity index (χ4n) is 3.70. The number of guanidine groups is 1. The van der Waals surface area contributed by atoms with E-state index in [-0.39, 0.29) is 35.8 Å². The molecule has 0 aliphatic carbocycles. The number of pyridine rings is 1. The summed E-state index contributed by atoms with van der Waals surface area (Å²) >= 11 is 0. The molecular weight excluding hydrogens is 529 g/mol. The monoisotopic (exact) mass is 557 g/mol. The normalized spacial score (nSPS) is 15.0. The molecule has 1 aromatic heterocycles. The van der Waals surface area contributed by atoms with E-state index in [9.17, 15) is 4.79 Å². The van der Waals surface area contributed by atoms with Gasteiger partial charge in [0.05, 0.1) is 5.69 Å². The van der Waals surface area contributed by atoms with Crippen LogP contribution >= 0.6 is 24.0 Å². The van der Waals surface area contributed by atoms with Crippen LogP contribution < -0.4 is 20.7 Å². The van der Waals surface area contributed by atoms with Gasteiger partial charge in [-0.15, -0.1) is 24.0 Å². The lowest BCUT2D eigenvalue weighted by atomic mass is 9.90. The lowest BCUT2D eigenvalue weighted by Gasteiger charge is -2.26. The van der Waals surface area contributed by atoms with Crippen LogP contribution in [-0.4, -0.2) is 30.4 Å². The number of fused-ring (bicyclic) bond motifs is 1. The van der Waals surface area contributed by atoms with Gasteiger partial charge in [0.1, 0.15) is 12.4 Å². The summed E-state index contributed by atoms with van der Waals surface area (Å²) < 4.78 is 5.86. The first-order valence-electron chi connectivity index (χ1n) is 10.7. The molecule has 0 saturated carbocycles. The zero-order valence-corrected chi connectivity index (χ0v) is 20.8. The van der Waals surface area contributed by atoms with E-state index in [1.165, 1.54) is 0 Å². The zero-order valence-electron chi connectivity index (χ0n) is 18.5. The molecule has 2 heterocycles. The molecule has 1 aliphatic rings. The Morgan fingerprint density at radius 2 is 1.97 bits per heavy atom. The van der Waals surface area contributed by atoms with Crippen molar-refractivity contribution in [2.75, 3.05) is 18.9 Å². The number of carbonyl (C=O) groups excluding carboxylic acids is 1. The molecule has 7 nitrogen and oxygen atoms in total. The lowest BCUT2D eigenvalue weighted by Crippen LogP contribution is -2.40. The van der Waals surface area contributed by atoms with E-state index in [4.69, 9.17) is 4.74 Å². The van der Waals surface area contributed by atoms with E-state index in [1.807, 2.05) is 60.7 Å². The highest BCUT2D eigenvalue weighted by Gasteiger charge is 2.24. The molecule has 0 radical (unpaired) electrons. The Kier molecular flexibility index (Phi) is 9.05. The fraction of sp³-hybridized carbons (Fsp3) is 0.240. The largest absolute Gasteiger partial charge is 0.487 e. The fourth-order valence-corrected chi connectivity index (χ4v) is 3.70. The molecule has 3 N–H and O–H groups in total. The highest BCUT2D eigenvalue weighted by atomic mass is 127. The number of hydrogen-bond acceptors (Lipinski definition) is 4. The average molecular weight is 557 g/mol. The van der Waals surface area contributed by atoms with Crippen molar-refractivity contribution in [3.05, 3.63) is 89.7 Å². The number of nitrogens with one attached hydrogen (secondary N) is 3. The smallest absolute Gasteiger partial charge is 0.225 e. The lowest BCUT2D eigenvalue weighted by molar-refractivity contribution is -0.116. The van der Waals surface area contributed by atoms with E-state index >= 15 is 0 Å². The number of halogens is 1. The Morgan fingerprint density at radius 1 is 1.12 bits per heavy atom. The first kappa shape index (κ1) is 24.5. The van der Waals surface area contributed by atoms with E-state index in [1.54, 1.807) is 13.2 Å². The van der Waals surface area contributed by atoms with Crippen LogP contribution in [0.5, 0.6) is 5.75 Å². The predicted octanol–water partition coefficient (Wildman–Crippen LogP) is 4.07.